The molecule has 0 aromatic heterocycles. The number of anilines is 1. The summed E-state index contributed by atoms with van der Waals surface area (Å²) < 4.78 is 12.8. The fourth-order valence-corrected chi connectivity index (χ4v) is 2.11. The number of benzene rings is 1. The minimum Gasteiger partial charge on any atom is -0.324 e. The number of rotatable bonds is 0. The zero-order valence-corrected chi connectivity index (χ0v) is 7.82. The first-order chi connectivity index (χ1) is 6.16. The van der Waals surface area contributed by atoms with Crippen LogP contribution >= 0.6 is 11.8 Å². The number of carbonyl (C=O) groups excluding carboxylic acids is 1. The van der Waals surface area contributed by atoms with Crippen molar-refractivity contribution in [3.05, 3.63) is 24.0 Å². The molecule has 2 rings (SSSR count). The lowest BCUT2D eigenvalue weighted by atomic mass is 10.3. The van der Waals surface area contributed by atoms with Gasteiger partial charge < -0.3 is 5.32 Å². The van der Waals surface area contributed by atoms with E-state index in [-0.39, 0.29) is 17.0 Å². The lowest BCUT2D eigenvalue weighted by Gasteiger charge is -2.20. The van der Waals surface area contributed by atoms with Gasteiger partial charge in [-0.15, -0.1) is 11.8 Å². The van der Waals surface area contributed by atoms with Gasteiger partial charge in [0.05, 0.1) is 10.9 Å². The van der Waals surface area contributed by atoms with E-state index in [1.807, 2.05) is 6.92 Å². The van der Waals surface area contributed by atoms with E-state index in [0.717, 1.165) is 4.90 Å². The number of amides is 1. The molecule has 1 amide bonds. The molecule has 0 aliphatic carbocycles. The first kappa shape index (κ1) is 8.56. The Balaban J connectivity index is 2.42. The van der Waals surface area contributed by atoms with Crippen molar-refractivity contribution in [3.63, 3.8) is 0 Å². The quantitative estimate of drug-likeness (QED) is 0.691. The molecule has 0 bridgehead atoms. The molecule has 1 unspecified atom stereocenters. The molecule has 2 nitrogen and oxygen atoms in total. The van der Waals surface area contributed by atoms with E-state index < -0.39 is 0 Å². The lowest BCUT2D eigenvalue weighted by molar-refractivity contribution is -0.115. The number of nitrogens with one attached hydrogen (secondary N) is 1. The van der Waals surface area contributed by atoms with Crippen molar-refractivity contribution < 1.29 is 9.18 Å². The van der Waals surface area contributed by atoms with Crippen LogP contribution < -0.4 is 5.32 Å². The zero-order chi connectivity index (χ0) is 9.42. The van der Waals surface area contributed by atoms with E-state index in [4.69, 9.17) is 0 Å². The van der Waals surface area contributed by atoms with Gasteiger partial charge in [0.1, 0.15) is 5.82 Å². The molecule has 1 aliphatic heterocycles. The van der Waals surface area contributed by atoms with E-state index >= 15 is 0 Å². The predicted molar refractivity (Wildman–Crippen MR) is 50.3 cm³/mol. The van der Waals surface area contributed by atoms with E-state index in [9.17, 15) is 9.18 Å². The molecule has 0 spiro atoms. The Morgan fingerprint density at radius 1 is 1.54 bits per heavy atom. The van der Waals surface area contributed by atoms with Crippen molar-refractivity contribution >= 4 is 23.4 Å². The van der Waals surface area contributed by atoms with E-state index in [1.54, 1.807) is 6.07 Å². The number of hydrogen-bond acceptors (Lipinski definition) is 2. The second-order valence-corrected chi connectivity index (χ2v) is 4.27. The SMILES string of the molecule is CC1Sc2ccc(F)cc2NC1=O. The van der Waals surface area contributed by atoms with Gasteiger partial charge in [-0.2, -0.15) is 0 Å². The molecule has 0 saturated heterocycles. The average Bonchev–Trinajstić information content (AvgIpc) is 2.08. The minimum absolute atomic E-state index is 0.0666. The second kappa shape index (κ2) is 3.03. The topological polar surface area (TPSA) is 29.1 Å². The number of carbonyl (C=O) groups is 1. The van der Waals surface area contributed by atoms with Crippen LogP contribution in [0.1, 0.15) is 6.92 Å². The Hall–Kier alpha value is -1.03. The molecule has 1 aliphatic rings. The molecule has 4 heteroatoms. The standard InChI is InChI=1S/C9H8FNOS/c1-5-9(12)11-7-4-6(10)2-3-8(7)13-5/h2-5H,1H3,(H,11,12). The highest BCUT2D eigenvalue weighted by Crippen LogP contribution is 2.35. The molecule has 1 heterocycles. The fourth-order valence-electron chi connectivity index (χ4n) is 1.18. The number of fused-ring (bicyclic) bond motifs is 1. The molecule has 1 atom stereocenters. The van der Waals surface area contributed by atoms with Crippen molar-refractivity contribution in [1.82, 2.24) is 0 Å². The van der Waals surface area contributed by atoms with Gasteiger partial charge >= 0.3 is 0 Å². The maximum atomic E-state index is 12.8. The Labute approximate surface area is 79.5 Å². The molecule has 68 valence electrons. The van der Waals surface area contributed by atoms with Crippen LogP contribution in [0.4, 0.5) is 10.1 Å². The highest BCUT2D eigenvalue weighted by molar-refractivity contribution is 8.00. The largest absolute Gasteiger partial charge is 0.324 e. The zero-order valence-electron chi connectivity index (χ0n) is 7.00. The van der Waals surface area contributed by atoms with Gasteiger partial charge in [-0.05, 0) is 25.1 Å². The lowest BCUT2D eigenvalue weighted by Crippen LogP contribution is -2.26. The highest BCUT2D eigenvalue weighted by atomic mass is 32.2. The van der Waals surface area contributed by atoms with Gasteiger partial charge in [0.25, 0.3) is 0 Å². The normalized spacial score (nSPS) is 20.8. The summed E-state index contributed by atoms with van der Waals surface area (Å²) in [7, 11) is 0. The molecule has 0 saturated carbocycles. The Kier molecular flexibility index (Phi) is 2.00. The Bertz CT molecular complexity index is 367. The maximum Gasteiger partial charge on any atom is 0.237 e. The number of hydrogen-bond donors (Lipinski definition) is 1. The van der Waals surface area contributed by atoms with Gasteiger partial charge in [-0.25, -0.2) is 4.39 Å². The summed E-state index contributed by atoms with van der Waals surface area (Å²) in [5, 5.41) is 2.55. The summed E-state index contributed by atoms with van der Waals surface area (Å²) in [6.07, 6.45) is 0. The number of halogens is 1. The molecule has 0 fully saturated rings. The summed E-state index contributed by atoms with van der Waals surface area (Å²) in [6, 6.07) is 4.42. The van der Waals surface area contributed by atoms with E-state index in [1.165, 1.54) is 23.9 Å². The van der Waals surface area contributed by atoms with Crippen LogP contribution in [0.25, 0.3) is 0 Å². The average molecular weight is 197 g/mol. The predicted octanol–water partition coefficient (Wildman–Crippen LogP) is 2.26. The summed E-state index contributed by atoms with van der Waals surface area (Å²) in [6.45, 7) is 1.83. The molecule has 1 aromatic rings. The monoisotopic (exact) mass is 197 g/mol. The maximum absolute atomic E-state index is 12.8. The molecular formula is C9H8FNOS. The second-order valence-electron chi connectivity index (χ2n) is 2.89. The van der Waals surface area contributed by atoms with Crippen LogP contribution in [-0.2, 0) is 4.79 Å². The number of thioether (sulfide) groups is 1. The summed E-state index contributed by atoms with van der Waals surface area (Å²) in [4.78, 5) is 12.1. The van der Waals surface area contributed by atoms with Crippen molar-refractivity contribution in [3.8, 4) is 0 Å². The first-order valence-electron chi connectivity index (χ1n) is 3.94. The van der Waals surface area contributed by atoms with Gasteiger partial charge in [-0.3, -0.25) is 4.79 Å². The summed E-state index contributed by atoms with van der Waals surface area (Å²) >= 11 is 1.45. The van der Waals surface area contributed by atoms with Crippen LogP contribution in [0, 0.1) is 5.82 Å². The van der Waals surface area contributed by atoms with E-state index in [2.05, 4.69) is 5.32 Å². The summed E-state index contributed by atoms with van der Waals surface area (Å²) in [5.41, 5.74) is 0.577. The fraction of sp³-hybridized carbons (Fsp3) is 0.222. The van der Waals surface area contributed by atoms with Crippen LogP contribution in [0.3, 0.4) is 0 Å². The van der Waals surface area contributed by atoms with Crippen LogP contribution in [0.2, 0.25) is 0 Å². The van der Waals surface area contributed by atoms with Crippen LogP contribution in [0.15, 0.2) is 23.1 Å². The van der Waals surface area contributed by atoms with Crippen molar-refractivity contribution in [2.45, 2.75) is 17.1 Å². The van der Waals surface area contributed by atoms with Gasteiger partial charge in [0.2, 0.25) is 5.91 Å². The molecule has 13 heavy (non-hydrogen) atoms. The highest BCUT2D eigenvalue weighted by Gasteiger charge is 2.22. The molecular weight excluding hydrogens is 189 g/mol. The Morgan fingerprint density at radius 2 is 2.31 bits per heavy atom. The minimum atomic E-state index is -0.325. The van der Waals surface area contributed by atoms with Crippen molar-refractivity contribution in [1.29, 1.82) is 0 Å². The van der Waals surface area contributed by atoms with E-state index in [0.29, 0.717) is 5.69 Å². The molecule has 1 N–H and O–H groups in total. The molecule has 0 radical (unpaired) electrons. The summed E-state index contributed by atoms with van der Waals surface area (Å²) in [5.74, 6) is -0.391. The molecule has 1 aromatic carbocycles. The van der Waals surface area contributed by atoms with Crippen LogP contribution in [0.5, 0.6) is 0 Å². The van der Waals surface area contributed by atoms with Crippen LogP contribution in [-0.4, -0.2) is 11.2 Å². The third kappa shape index (κ3) is 1.54. The van der Waals surface area contributed by atoms with Gasteiger partial charge in [0, 0.05) is 4.90 Å². The Morgan fingerprint density at radius 3 is 3.08 bits per heavy atom. The third-order valence-electron chi connectivity index (χ3n) is 1.87. The third-order valence-corrected chi connectivity index (χ3v) is 3.05. The first-order valence-corrected chi connectivity index (χ1v) is 4.82. The van der Waals surface area contributed by atoms with Crippen molar-refractivity contribution in [2.24, 2.45) is 0 Å². The van der Waals surface area contributed by atoms with Crippen molar-refractivity contribution in [2.75, 3.05) is 5.32 Å². The smallest absolute Gasteiger partial charge is 0.237 e. The van der Waals surface area contributed by atoms with Gasteiger partial charge in [0.15, 0.2) is 0 Å². The van der Waals surface area contributed by atoms with Gasteiger partial charge in [-0.1, -0.05) is 0 Å².